The predicted octanol–water partition coefficient (Wildman–Crippen LogP) is 2.03. The van der Waals surface area contributed by atoms with Gasteiger partial charge in [0.25, 0.3) is 5.91 Å². The molecule has 1 aliphatic heterocycles. The summed E-state index contributed by atoms with van der Waals surface area (Å²) in [7, 11) is 1.64. The molecule has 1 atom stereocenters. The Kier molecular flexibility index (Phi) is 4.74. The normalized spacial score (nSPS) is 17.9. The zero-order chi connectivity index (χ0) is 24.0. The van der Waals surface area contributed by atoms with Crippen LogP contribution in [0, 0.1) is 0 Å². The summed E-state index contributed by atoms with van der Waals surface area (Å²) in [6, 6.07) is 10.5. The Morgan fingerprint density at radius 2 is 1.86 bits per heavy atom. The fraction of sp³-hybridized carbons (Fsp3) is 0.174. The summed E-state index contributed by atoms with van der Waals surface area (Å²) in [6.07, 6.45) is 6.95. The molecule has 0 aromatic carbocycles. The molecule has 1 fully saturated rings. The van der Waals surface area contributed by atoms with Gasteiger partial charge in [0.15, 0.2) is 11.4 Å². The number of hydrogen-bond donors (Lipinski definition) is 2. The average molecular weight is 469 g/mol. The van der Waals surface area contributed by atoms with Crippen LogP contribution in [0.5, 0.6) is 0 Å². The van der Waals surface area contributed by atoms with E-state index in [0.29, 0.717) is 46.6 Å². The minimum atomic E-state index is -1.71. The fourth-order valence-corrected chi connectivity index (χ4v) is 4.01. The van der Waals surface area contributed by atoms with Gasteiger partial charge in [-0.25, -0.2) is 24.5 Å². The molecule has 0 bridgehead atoms. The molecule has 6 rings (SSSR count). The van der Waals surface area contributed by atoms with Crippen molar-refractivity contribution in [1.82, 2.24) is 39.6 Å². The van der Waals surface area contributed by atoms with Gasteiger partial charge >= 0.3 is 0 Å². The monoisotopic (exact) mass is 469 g/mol. The Labute approximate surface area is 198 Å². The standard InChI is InChI=1S/C23H19N9O3/c1-31-11-7-23(34,21(31)33)19-13-18(30-35-19)15-4-2-3-14(27-15)16-5-8-25-22(28-16)29-17-6-9-26-32-12-10-24-20(17)32/h2-6,8-10,12-13,34H,7,11H2,1H3,(H,25,28,29). The average Bonchev–Trinajstić information content (AvgIpc) is 3.62. The zero-order valence-electron chi connectivity index (χ0n) is 18.5. The highest BCUT2D eigenvalue weighted by Crippen LogP contribution is 2.34. The van der Waals surface area contributed by atoms with Gasteiger partial charge in [-0.15, -0.1) is 0 Å². The van der Waals surface area contributed by atoms with Crippen LogP contribution in [0.1, 0.15) is 12.2 Å². The number of pyridine rings is 1. The number of anilines is 2. The number of aromatic nitrogens is 7. The molecule has 0 radical (unpaired) electrons. The maximum Gasteiger partial charge on any atom is 0.262 e. The van der Waals surface area contributed by atoms with Crippen molar-refractivity contribution in [2.45, 2.75) is 12.0 Å². The lowest BCUT2D eigenvalue weighted by molar-refractivity contribution is -0.144. The molecule has 12 nitrogen and oxygen atoms in total. The summed E-state index contributed by atoms with van der Waals surface area (Å²) in [5, 5.41) is 22.2. The first kappa shape index (κ1) is 20.9. The number of nitrogens with zero attached hydrogens (tertiary/aromatic N) is 8. The van der Waals surface area contributed by atoms with Crippen LogP contribution in [0.3, 0.4) is 0 Å². The second-order valence-corrected chi connectivity index (χ2v) is 8.15. The zero-order valence-corrected chi connectivity index (χ0v) is 18.5. The first-order valence-corrected chi connectivity index (χ1v) is 10.8. The SMILES string of the molecule is CN1CCC(O)(c2cc(-c3cccc(-c4ccnc(Nc5ccnn6ccnc56)n4)n3)no2)C1=O. The number of nitrogens with one attached hydrogen (secondary N) is 1. The molecule has 0 spiro atoms. The Morgan fingerprint density at radius 3 is 2.69 bits per heavy atom. The summed E-state index contributed by atoms with van der Waals surface area (Å²) >= 11 is 0. The molecule has 2 N–H and O–H groups in total. The third-order valence-corrected chi connectivity index (χ3v) is 5.90. The van der Waals surface area contributed by atoms with E-state index >= 15 is 0 Å². The van der Waals surface area contributed by atoms with Gasteiger partial charge in [0, 0.05) is 44.7 Å². The Balaban J connectivity index is 1.29. The van der Waals surface area contributed by atoms with E-state index in [9.17, 15) is 9.90 Å². The minimum absolute atomic E-state index is 0.102. The molecule has 12 heteroatoms. The number of likely N-dealkylation sites (N-methyl/N-ethyl adjacent to an activating group) is 1. The molecular formula is C23H19N9O3. The van der Waals surface area contributed by atoms with Crippen LogP contribution in [0.15, 0.2) is 65.7 Å². The van der Waals surface area contributed by atoms with Crippen molar-refractivity contribution in [2.24, 2.45) is 0 Å². The van der Waals surface area contributed by atoms with Crippen LogP contribution in [0.25, 0.3) is 28.4 Å². The lowest BCUT2D eigenvalue weighted by Gasteiger charge is -2.16. The Bertz CT molecular complexity index is 1560. The van der Waals surface area contributed by atoms with Crippen LogP contribution in [-0.4, -0.2) is 64.2 Å². The number of imidazole rings is 1. The van der Waals surface area contributed by atoms with Gasteiger partial charge in [-0.05, 0) is 24.3 Å². The van der Waals surface area contributed by atoms with E-state index in [2.05, 4.69) is 35.5 Å². The maximum absolute atomic E-state index is 12.4. The molecule has 0 saturated carbocycles. The highest BCUT2D eigenvalue weighted by molar-refractivity contribution is 5.87. The van der Waals surface area contributed by atoms with E-state index in [0.717, 1.165) is 0 Å². The smallest absolute Gasteiger partial charge is 0.262 e. The first-order chi connectivity index (χ1) is 17.0. The summed E-state index contributed by atoms with van der Waals surface area (Å²) in [5.41, 5.74) is 1.75. The van der Waals surface area contributed by atoms with Crippen LogP contribution >= 0.6 is 0 Å². The highest BCUT2D eigenvalue weighted by Gasteiger charge is 2.48. The molecule has 5 aromatic rings. The third kappa shape index (κ3) is 3.56. The lowest BCUT2D eigenvalue weighted by atomic mass is 9.98. The van der Waals surface area contributed by atoms with Gasteiger partial charge in [-0.2, -0.15) is 5.10 Å². The van der Waals surface area contributed by atoms with E-state index in [1.54, 1.807) is 60.6 Å². The number of hydrogen-bond acceptors (Lipinski definition) is 10. The van der Waals surface area contributed by atoms with Crippen molar-refractivity contribution in [3.63, 3.8) is 0 Å². The number of aliphatic hydroxyl groups is 1. The summed E-state index contributed by atoms with van der Waals surface area (Å²) in [5.74, 6) is 0.0654. The first-order valence-electron chi connectivity index (χ1n) is 10.8. The van der Waals surface area contributed by atoms with Crippen LogP contribution < -0.4 is 5.32 Å². The van der Waals surface area contributed by atoms with Crippen LogP contribution in [-0.2, 0) is 10.4 Å². The van der Waals surface area contributed by atoms with E-state index < -0.39 is 11.5 Å². The quantitative estimate of drug-likeness (QED) is 0.392. The number of likely N-dealkylation sites (tertiary alicyclic amines) is 1. The summed E-state index contributed by atoms with van der Waals surface area (Å²) in [6.45, 7) is 0.439. The van der Waals surface area contributed by atoms with Gasteiger partial charge < -0.3 is 19.8 Å². The summed E-state index contributed by atoms with van der Waals surface area (Å²) < 4.78 is 7.00. The molecular weight excluding hydrogens is 450 g/mol. The molecule has 1 saturated heterocycles. The van der Waals surface area contributed by atoms with Crippen LogP contribution in [0.2, 0.25) is 0 Å². The van der Waals surface area contributed by atoms with Gasteiger partial charge in [0.05, 0.1) is 29.0 Å². The highest BCUT2D eigenvalue weighted by atomic mass is 16.5. The third-order valence-electron chi connectivity index (χ3n) is 5.90. The number of rotatable bonds is 5. The second-order valence-electron chi connectivity index (χ2n) is 8.15. The second kappa shape index (κ2) is 7.95. The van der Waals surface area contributed by atoms with E-state index in [1.807, 2.05) is 12.1 Å². The lowest BCUT2D eigenvalue weighted by Crippen LogP contribution is -2.35. The molecule has 0 aliphatic carbocycles. The molecule has 6 heterocycles. The van der Waals surface area contributed by atoms with E-state index in [1.165, 1.54) is 4.90 Å². The molecule has 174 valence electrons. The summed E-state index contributed by atoms with van der Waals surface area (Å²) in [4.78, 5) is 31.7. The van der Waals surface area contributed by atoms with Gasteiger partial charge in [0.2, 0.25) is 11.5 Å². The largest absolute Gasteiger partial charge is 0.373 e. The Morgan fingerprint density at radius 1 is 1.03 bits per heavy atom. The fourth-order valence-electron chi connectivity index (χ4n) is 4.01. The van der Waals surface area contributed by atoms with Crippen molar-refractivity contribution in [1.29, 1.82) is 0 Å². The number of carbonyl (C=O) groups is 1. The topological polar surface area (TPSA) is 147 Å². The van der Waals surface area contributed by atoms with E-state index in [-0.39, 0.29) is 12.2 Å². The molecule has 5 aromatic heterocycles. The minimum Gasteiger partial charge on any atom is -0.373 e. The molecule has 1 unspecified atom stereocenters. The molecule has 35 heavy (non-hydrogen) atoms. The number of fused-ring (bicyclic) bond motifs is 1. The van der Waals surface area contributed by atoms with Crippen molar-refractivity contribution < 1.29 is 14.4 Å². The van der Waals surface area contributed by atoms with E-state index in [4.69, 9.17) is 4.52 Å². The Hall–Kier alpha value is -4.71. The van der Waals surface area contributed by atoms with Crippen LogP contribution in [0.4, 0.5) is 11.6 Å². The van der Waals surface area contributed by atoms with Crippen molar-refractivity contribution in [3.8, 4) is 22.8 Å². The van der Waals surface area contributed by atoms with Gasteiger partial charge in [-0.3, -0.25) is 4.79 Å². The number of carbonyl (C=O) groups excluding carboxylic acids is 1. The van der Waals surface area contributed by atoms with Gasteiger partial charge in [-0.1, -0.05) is 11.2 Å². The number of amides is 1. The van der Waals surface area contributed by atoms with Crippen molar-refractivity contribution in [3.05, 3.63) is 66.9 Å². The van der Waals surface area contributed by atoms with Gasteiger partial charge in [0.1, 0.15) is 5.69 Å². The van der Waals surface area contributed by atoms with Crippen molar-refractivity contribution >= 4 is 23.2 Å². The maximum atomic E-state index is 12.4. The molecule has 1 aliphatic rings. The predicted molar refractivity (Wildman–Crippen MR) is 123 cm³/mol. The molecule has 1 amide bonds. The van der Waals surface area contributed by atoms with Crippen molar-refractivity contribution in [2.75, 3.05) is 18.9 Å².